The van der Waals surface area contributed by atoms with E-state index in [1.807, 2.05) is 0 Å². The van der Waals surface area contributed by atoms with Gasteiger partial charge in [-0.1, -0.05) is 25.1 Å². The van der Waals surface area contributed by atoms with Crippen LogP contribution < -0.4 is 0 Å². The summed E-state index contributed by atoms with van der Waals surface area (Å²) >= 11 is 0. The van der Waals surface area contributed by atoms with Crippen LogP contribution in [-0.2, 0) is 6.42 Å². The highest BCUT2D eigenvalue weighted by molar-refractivity contribution is 6.09. The highest BCUT2D eigenvalue weighted by atomic mass is 19.2. The Kier molecular flexibility index (Phi) is 4.06. The van der Waals surface area contributed by atoms with Crippen LogP contribution in [0, 0.1) is 29.1 Å². The van der Waals surface area contributed by atoms with Crippen LogP contribution in [0.15, 0.2) is 24.3 Å². The summed E-state index contributed by atoms with van der Waals surface area (Å²) in [5, 5.41) is 0. The first-order valence-corrected chi connectivity index (χ1v) is 6.03. The van der Waals surface area contributed by atoms with Crippen molar-refractivity contribution in [1.82, 2.24) is 0 Å². The molecule has 0 saturated heterocycles. The van der Waals surface area contributed by atoms with Gasteiger partial charge in [0.25, 0.3) is 0 Å². The van der Waals surface area contributed by atoms with Gasteiger partial charge >= 0.3 is 0 Å². The van der Waals surface area contributed by atoms with E-state index in [9.17, 15) is 26.7 Å². The summed E-state index contributed by atoms with van der Waals surface area (Å²) in [6.45, 7) is 1.79. The van der Waals surface area contributed by atoms with E-state index >= 15 is 0 Å². The molecule has 0 bridgehead atoms. The minimum atomic E-state index is -2.29. The third-order valence-corrected chi connectivity index (χ3v) is 3.03. The quantitative estimate of drug-likeness (QED) is 0.360. The monoisotopic (exact) mass is 300 g/mol. The Morgan fingerprint density at radius 1 is 0.905 bits per heavy atom. The van der Waals surface area contributed by atoms with E-state index in [0.717, 1.165) is 0 Å². The number of carbonyl (C=O) groups excluding carboxylic acids is 1. The minimum Gasteiger partial charge on any atom is -0.288 e. The van der Waals surface area contributed by atoms with Crippen molar-refractivity contribution in [2.75, 3.05) is 0 Å². The first-order valence-electron chi connectivity index (χ1n) is 6.03. The van der Waals surface area contributed by atoms with Crippen molar-refractivity contribution < 1.29 is 26.7 Å². The molecule has 0 amide bonds. The normalized spacial score (nSPS) is 10.8. The van der Waals surface area contributed by atoms with Gasteiger partial charge in [-0.25, -0.2) is 22.0 Å². The SMILES string of the molecule is CCc1cccc(C(=O)c2c(F)c(F)c(F)c(F)c2F)c1. The number of hydrogen-bond acceptors (Lipinski definition) is 1. The maximum atomic E-state index is 13.6. The summed E-state index contributed by atoms with van der Waals surface area (Å²) in [6.07, 6.45) is 0.554. The Labute approximate surface area is 117 Å². The predicted molar refractivity (Wildman–Crippen MR) is 65.5 cm³/mol. The van der Waals surface area contributed by atoms with Crippen molar-refractivity contribution in [3.8, 4) is 0 Å². The highest BCUT2D eigenvalue weighted by Gasteiger charge is 2.30. The van der Waals surface area contributed by atoms with Crippen molar-refractivity contribution in [1.29, 1.82) is 0 Å². The van der Waals surface area contributed by atoms with Gasteiger partial charge in [0.15, 0.2) is 29.1 Å². The molecule has 0 atom stereocenters. The largest absolute Gasteiger partial charge is 0.288 e. The summed E-state index contributed by atoms with van der Waals surface area (Å²) < 4.78 is 66.3. The Balaban J connectivity index is 2.63. The third kappa shape index (κ3) is 2.53. The molecule has 0 heterocycles. The second-order valence-corrected chi connectivity index (χ2v) is 4.33. The van der Waals surface area contributed by atoms with Gasteiger partial charge in [0.1, 0.15) is 5.56 Å². The van der Waals surface area contributed by atoms with E-state index in [4.69, 9.17) is 0 Å². The highest BCUT2D eigenvalue weighted by Crippen LogP contribution is 2.25. The molecule has 0 fully saturated rings. The van der Waals surface area contributed by atoms with Gasteiger partial charge in [-0.15, -0.1) is 0 Å². The number of ketones is 1. The molecule has 2 aromatic carbocycles. The fraction of sp³-hybridized carbons (Fsp3) is 0.133. The fourth-order valence-corrected chi connectivity index (χ4v) is 1.88. The smallest absolute Gasteiger partial charge is 0.200 e. The second-order valence-electron chi connectivity index (χ2n) is 4.33. The first-order chi connectivity index (χ1) is 9.88. The van der Waals surface area contributed by atoms with Crippen LogP contribution in [0.5, 0.6) is 0 Å². The van der Waals surface area contributed by atoms with Crippen LogP contribution in [-0.4, -0.2) is 5.78 Å². The van der Waals surface area contributed by atoms with Gasteiger partial charge < -0.3 is 0 Å². The molecular formula is C15H9F5O. The summed E-state index contributed by atoms with van der Waals surface area (Å²) in [6, 6.07) is 5.74. The predicted octanol–water partition coefficient (Wildman–Crippen LogP) is 4.18. The Morgan fingerprint density at radius 3 is 1.95 bits per heavy atom. The topological polar surface area (TPSA) is 17.1 Å². The maximum Gasteiger partial charge on any atom is 0.200 e. The van der Waals surface area contributed by atoms with Crippen molar-refractivity contribution in [2.24, 2.45) is 0 Å². The zero-order valence-corrected chi connectivity index (χ0v) is 10.8. The second kappa shape index (κ2) is 5.63. The molecular weight excluding hydrogens is 291 g/mol. The summed E-state index contributed by atoms with van der Waals surface area (Å²) in [5.74, 6) is -12.1. The van der Waals surface area contributed by atoms with Gasteiger partial charge in [0.05, 0.1) is 0 Å². The van der Waals surface area contributed by atoms with E-state index in [-0.39, 0.29) is 5.56 Å². The molecule has 2 aromatic rings. The molecule has 2 rings (SSSR count). The van der Waals surface area contributed by atoms with Crippen LogP contribution in [0.2, 0.25) is 0 Å². The average Bonchev–Trinajstić information content (AvgIpc) is 2.51. The number of rotatable bonds is 3. The lowest BCUT2D eigenvalue weighted by Gasteiger charge is -2.08. The van der Waals surface area contributed by atoms with E-state index in [1.165, 1.54) is 18.2 Å². The lowest BCUT2D eigenvalue weighted by Crippen LogP contribution is -2.13. The standard InChI is InChI=1S/C15H9F5O/c1-2-7-4-3-5-8(6-7)15(21)9-10(16)12(18)14(20)13(19)11(9)17/h3-6H,2H2,1H3. The van der Waals surface area contributed by atoms with Crippen LogP contribution in [0.1, 0.15) is 28.4 Å². The molecule has 110 valence electrons. The molecule has 0 spiro atoms. The van der Waals surface area contributed by atoms with Crippen molar-refractivity contribution in [3.63, 3.8) is 0 Å². The average molecular weight is 300 g/mol. The van der Waals surface area contributed by atoms with Gasteiger partial charge in [-0.3, -0.25) is 4.79 Å². The van der Waals surface area contributed by atoms with E-state index in [1.54, 1.807) is 13.0 Å². The van der Waals surface area contributed by atoms with Gasteiger partial charge in [0, 0.05) is 5.56 Å². The van der Waals surface area contributed by atoms with Crippen molar-refractivity contribution in [3.05, 3.63) is 70.0 Å². The van der Waals surface area contributed by atoms with Crippen LogP contribution in [0.25, 0.3) is 0 Å². The summed E-state index contributed by atoms with van der Waals surface area (Å²) in [4.78, 5) is 12.0. The van der Waals surface area contributed by atoms with Crippen LogP contribution in [0.3, 0.4) is 0 Å². The lowest BCUT2D eigenvalue weighted by molar-refractivity contribution is 0.102. The van der Waals surface area contributed by atoms with Gasteiger partial charge in [-0.05, 0) is 18.1 Å². The number of aryl methyl sites for hydroxylation is 1. The lowest BCUT2D eigenvalue weighted by atomic mass is 9.99. The number of carbonyl (C=O) groups is 1. The van der Waals surface area contributed by atoms with Crippen molar-refractivity contribution in [2.45, 2.75) is 13.3 Å². The minimum absolute atomic E-state index is 0.141. The van der Waals surface area contributed by atoms with Crippen molar-refractivity contribution >= 4 is 5.78 Å². The molecule has 0 aliphatic carbocycles. The molecule has 0 unspecified atom stereocenters. The molecule has 0 saturated carbocycles. The third-order valence-electron chi connectivity index (χ3n) is 3.03. The zero-order valence-electron chi connectivity index (χ0n) is 10.8. The van der Waals surface area contributed by atoms with Crippen LogP contribution >= 0.6 is 0 Å². The van der Waals surface area contributed by atoms with E-state index < -0.39 is 40.4 Å². The fourth-order valence-electron chi connectivity index (χ4n) is 1.88. The number of benzene rings is 2. The van der Waals surface area contributed by atoms with Crippen LogP contribution in [0.4, 0.5) is 22.0 Å². The maximum absolute atomic E-state index is 13.6. The molecule has 6 heteroatoms. The van der Waals surface area contributed by atoms with E-state index in [2.05, 4.69) is 0 Å². The molecule has 0 radical (unpaired) electrons. The molecule has 0 aromatic heterocycles. The Morgan fingerprint density at radius 2 is 1.43 bits per heavy atom. The number of hydrogen-bond donors (Lipinski definition) is 0. The molecule has 0 N–H and O–H groups in total. The molecule has 1 nitrogen and oxygen atoms in total. The number of halogens is 5. The zero-order chi connectivity index (χ0) is 15.7. The summed E-state index contributed by atoms with van der Waals surface area (Å²) in [5.41, 5.74) is -0.887. The molecule has 0 aliphatic rings. The Bertz CT molecular complexity index is 695. The summed E-state index contributed by atoms with van der Waals surface area (Å²) in [7, 11) is 0. The first kappa shape index (κ1) is 15.2. The molecule has 21 heavy (non-hydrogen) atoms. The van der Waals surface area contributed by atoms with Gasteiger partial charge in [-0.2, -0.15) is 0 Å². The molecule has 0 aliphatic heterocycles. The van der Waals surface area contributed by atoms with E-state index in [0.29, 0.717) is 12.0 Å². The Hall–Kier alpha value is -2.24. The van der Waals surface area contributed by atoms with Gasteiger partial charge in [0.2, 0.25) is 5.82 Å².